The molecule has 0 unspecified atom stereocenters. The van der Waals surface area contributed by atoms with Gasteiger partial charge in [0.1, 0.15) is 6.04 Å². The number of nitrogens with one attached hydrogen (secondary N) is 1. The maximum absolute atomic E-state index is 12.4. The predicted octanol–water partition coefficient (Wildman–Crippen LogP) is 2.66. The maximum Gasteiger partial charge on any atom is 0.471 e. The van der Waals surface area contributed by atoms with Crippen molar-refractivity contribution in [3.63, 3.8) is 0 Å². The zero-order valence-electron chi connectivity index (χ0n) is 12.9. The highest BCUT2D eigenvalue weighted by atomic mass is 19.4. The van der Waals surface area contributed by atoms with Gasteiger partial charge in [0.25, 0.3) is 0 Å². The maximum atomic E-state index is 12.4. The molecule has 0 radical (unpaired) electrons. The van der Waals surface area contributed by atoms with Crippen LogP contribution in [-0.2, 0) is 9.59 Å². The molecule has 2 atom stereocenters. The molecule has 1 aliphatic rings. The lowest BCUT2D eigenvalue weighted by atomic mass is 10.0. The predicted molar refractivity (Wildman–Crippen MR) is 78.3 cm³/mol. The summed E-state index contributed by atoms with van der Waals surface area (Å²) in [5.41, 5.74) is 0.852. The number of amides is 2. The number of carbonyl (C=O) groups is 2. The van der Waals surface area contributed by atoms with Crippen LogP contribution in [-0.4, -0.2) is 35.5 Å². The molecule has 1 aromatic carbocycles. The Balaban J connectivity index is 2.21. The Morgan fingerprint density at radius 1 is 1.30 bits per heavy atom. The van der Waals surface area contributed by atoms with E-state index in [1.165, 1.54) is 0 Å². The van der Waals surface area contributed by atoms with E-state index < -0.39 is 24.0 Å². The number of benzene rings is 1. The summed E-state index contributed by atoms with van der Waals surface area (Å²) in [7, 11) is 0. The average molecular weight is 328 g/mol. The molecule has 0 aromatic heterocycles. The van der Waals surface area contributed by atoms with Crippen molar-refractivity contribution in [2.75, 3.05) is 6.54 Å². The van der Waals surface area contributed by atoms with Crippen LogP contribution in [0.25, 0.3) is 0 Å². The van der Waals surface area contributed by atoms with Gasteiger partial charge in [-0.25, -0.2) is 0 Å². The number of nitrogens with zero attached hydrogens (tertiary/aromatic N) is 1. The molecule has 7 heteroatoms. The van der Waals surface area contributed by atoms with Crippen molar-refractivity contribution in [1.29, 1.82) is 0 Å². The Labute approximate surface area is 132 Å². The normalized spacial score (nSPS) is 21.8. The van der Waals surface area contributed by atoms with Crippen LogP contribution >= 0.6 is 0 Å². The van der Waals surface area contributed by atoms with E-state index >= 15 is 0 Å². The van der Waals surface area contributed by atoms with E-state index in [2.05, 4.69) is 0 Å². The molecular formula is C16H19F3N2O2. The monoisotopic (exact) mass is 328 g/mol. The minimum atomic E-state index is -4.99. The summed E-state index contributed by atoms with van der Waals surface area (Å²) in [4.78, 5) is 25.1. The number of alkyl halides is 3. The number of hydrogen-bond acceptors (Lipinski definition) is 2. The Kier molecular flexibility index (Phi) is 4.97. The third-order valence-electron chi connectivity index (χ3n) is 3.73. The Hall–Kier alpha value is -2.05. The van der Waals surface area contributed by atoms with E-state index in [0.717, 1.165) is 5.56 Å². The van der Waals surface area contributed by atoms with Gasteiger partial charge in [-0.15, -0.1) is 0 Å². The first-order chi connectivity index (χ1) is 10.7. The van der Waals surface area contributed by atoms with Gasteiger partial charge in [-0.05, 0) is 11.5 Å². The number of likely N-dealkylation sites (tertiary alicyclic amines) is 1. The van der Waals surface area contributed by atoms with E-state index in [-0.39, 0.29) is 18.4 Å². The SMILES string of the molecule is CC(C)CN1C(=O)[C@H](NC(=O)C(F)(F)F)C[C@H]1c1ccccc1. The molecule has 126 valence electrons. The standard InChI is InChI=1S/C16H19F3N2O2/c1-10(2)9-21-13(11-6-4-3-5-7-11)8-12(14(21)22)20-15(23)16(17,18)19/h3-7,10,12-13H,8-9H2,1-2H3,(H,20,23)/t12-,13+/m1/s1. The van der Waals surface area contributed by atoms with Gasteiger partial charge in [0.15, 0.2) is 0 Å². The molecule has 1 aromatic rings. The first-order valence-electron chi connectivity index (χ1n) is 7.43. The van der Waals surface area contributed by atoms with Gasteiger partial charge < -0.3 is 10.2 Å². The molecule has 1 heterocycles. The minimum absolute atomic E-state index is 0.136. The minimum Gasteiger partial charge on any atom is -0.336 e. The van der Waals surface area contributed by atoms with E-state index in [4.69, 9.17) is 0 Å². The van der Waals surface area contributed by atoms with Gasteiger partial charge in [-0.2, -0.15) is 13.2 Å². The summed E-state index contributed by atoms with van der Waals surface area (Å²) in [6, 6.07) is 7.65. The van der Waals surface area contributed by atoms with E-state index in [1.807, 2.05) is 49.5 Å². The van der Waals surface area contributed by atoms with Crippen LogP contribution in [0.3, 0.4) is 0 Å². The number of carbonyl (C=O) groups excluding carboxylic acids is 2. The summed E-state index contributed by atoms with van der Waals surface area (Å²) in [6.07, 6.45) is -4.86. The van der Waals surface area contributed by atoms with Gasteiger partial charge in [-0.1, -0.05) is 44.2 Å². The summed E-state index contributed by atoms with van der Waals surface area (Å²) in [6.45, 7) is 4.28. The molecule has 0 spiro atoms. The highest BCUT2D eigenvalue weighted by molar-refractivity contribution is 5.91. The Bertz CT molecular complexity index is 572. The van der Waals surface area contributed by atoms with Gasteiger partial charge in [-0.3, -0.25) is 9.59 Å². The number of hydrogen-bond donors (Lipinski definition) is 1. The van der Waals surface area contributed by atoms with Crippen molar-refractivity contribution in [3.05, 3.63) is 35.9 Å². The average Bonchev–Trinajstić information content (AvgIpc) is 2.76. The number of halogens is 3. The number of rotatable bonds is 4. The molecule has 0 bridgehead atoms. The smallest absolute Gasteiger partial charge is 0.336 e. The van der Waals surface area contributed by atoms with Gasteiger partial charge in [0, 0.05) is 13.0 Å². The van der Waals surface area contributed by atoms with Crippen LogP contribution in [0, 0.1) is 5.92 Å². The highest BCUT2D eigenvalue weighted by Gasteiger charge is 2.46. The van der Waals surface area contributed by atoms with Crippen LogP contribution in [0.4, 0.5) is 13.2 Å². The largest absolute Gasteiger partial charge is 0.471 e. The lowest BCUT2D eigenvalue weighted by molar-refractivity contribution is -0.174. The molecule has 0 saturated carbocycles. The molecule has 23 heavy (non-hydrogen) atoms. The second-order valence-electron chi connectivity index (χ2n) is 6.07. The first-order valence-corrected chi connectivity index (χ1v) is 7.43. The van der Waals surface area contributed by atoms with Crippen molar-refractivity contribution in [2.45, 2.75) is 38.5 Å². The van der Waals surface area contributed by atoms with Gasteiger partial charge in [0.05, 0.1) is 6.04 Å². The summed E-state index contributed by atoms with van der Waals surface area (Å²) < 4.78 is 37.3. The fourth-order valence-corrected chi connectivity index (χ4v) is 2.77. The molecule has 1 fully saturated rings. The molecule has 2 rings (SSSR count). The van der Waals surface area contributed by atoms with Crippen molar-refractivity contribution in [3.8, 4) is 0 Å². The van der Waals surface area contributed by atoms with Gasteiger partial charge in [0.2, 0.25) is 5.91 Å². The van der Waals surface area contributed by atoms with E-state index in [0.29, 0.717) is 6.54 Å². The Morgan fingerprint density at radius 2 is 1.91 bits per heavy atom. The van der Waals surface area contributed by atoms with Crippen molar-refractivity contribution < 1.29 is 22.8 Å². The lowest BCUT2D eigenvalue weighted by Crippen LogP contribution is -2.47. The summed E-state index contributed by atoms with van der Waals surface area (Å²) in [5.74, 6) is -2.37. The van der Waals surface area contributed by atoms with Crippen molar-refractivity contribution in [1.82, 2.24) is 10.2 Å². The van der Waals surface area contributed by atoms with Crippen molar-refractivity contribution >= 4 is 11.8 Å². The molecule has 1 aliphatic heterocycles. The van der Waals surface area contributed by atoms with Gasteiger partial charge >= 0.3 is 12.1 Å². The zero-order chi connectivity index (χ0) is 17.2. The second-order valence-corrected chi connectivity index (χ2v) is 6.07. The van der Waals surface area contributed by atoms with E-state index in [9.17, 15) is 22.8 Å². The van der Waals surface area contributed by atoms with E-state index in [1.54, 1.807) is 4.90 Å². The first kappa shape index (κ1) is 17.3. The third kappa shape index (κ3) is 4.03. The summed E-state index contributed by atoms with van der Waals surface area (Å²) >= 11 is 0. The molecule has 1 saturated heterocycles. The fraction of sp³-hybridized carbons (Fsp3) is 0.500. The van der Waals surface area contributed by atoms with Crippen LogP contribution < -0.4 is 5.32 Å². The zero-order valence-corrected chi connectivity index (χ0v) is 12.9. The second kappa shape index (κ2) is 6.60. The van der Waals surface area contributed by atoms with Crippen molar-refractivity contribution in [2.24, 2.45) is 5.92 Å². The van der Waals surface area contributed by atoms with Crippen LogP contribution in [0.2, 0.25) is 0 Å². The quantitative estimate of drug-likeness (QED) is 0.924. The molecule has 1 N–H and O–H groups in total. The Morgan fingerprint density at radius 3 is 2.43 bits per heavy atom. The lowest BCUT2D eigenvalue weighted by Gasteiger charge is -2.26. The van der Waals surface area contributed by atoms with Crippen LogP contribution in [0.15, 0.2) is 30.3 Å². The van der Waals surface area contributed by atoms with Crippen LogP contribution in [0.1, 0.15) is 31.9 Å². The topological polar surface area (TPSA) is 49.4 Å². The molecule has 4 nitrogen and oxygen atoms in total. The van der Waals surface area contributed by atoms with Crippen LogP contribution in [0.5, 0.6) is 0 Å². The molecule has 0 aliphatic carbocycles. The summed E-state index contributed by atoms with van der Waals surface area (Å²) in [5, 5.41) is 1.82. The molecular weight excluding hydrogens is 309 g/mol. The highest BCUT2D eigenvalue weighted by Crippen LogP contribution is 2.34. The fourth-order valence-electron chi connectivity index (χ4n) is 2.77. The third-order valence-corrected chi connectivity index (χ3v) is 3.73. The molecule has 2 amide bonds.